The van der Waals surface area contributed by atoms with Crippen molar-refractivity contribution in [3.05, 3.63) is 17.6 Å². The summed E-state index contributed by atoms with van der Waals surface area (Å²) < 4.78 is 0. The maximum absolute atomic E-state index is 4.46. The number of anilines is 1. The van der Waals surface area contributed by atoms with Gasteiger partial charge in [-0.15, -0.1) is 0 Å². The van der Waals surface area contributed by atoms with E-state index in [2.05, 4.69) is 25.5 Å². The Morgan fingerprint density at radius 1 is 1.28 bits per heavy atom. The monoisotopic (exact) mass is 249 g/mol. The smallest absolute Gasteiger partial charge is 0.144 e. The third-order valence-electron chi connectivity index (χ3n) is 3.36. The SMILES string of the molecule is Cc1ncc(NCCCN2CCNCC2)nc1C. The van der Waals surface area contributed by atoms with E-state index in [4.69, 9.17) is 0 Å². The van der Waals surface area contributed by atoms with E-state index in [-0.39, 0.29) is 0 Å². The molecule has 1 aliphatic rings. The van der Waals surface area contributed by atoms with Crippen LogP contribution in [-0.4, -0.2) is 54.1 Å². The quantitative estimate of drug-likeness (QED) is 0.756. The number of aryl methyl sites for hydroxylation is 2. The molecule has 0 amide bonds. The van der Waals surface area contributed by atoms with Gasteiger partial charge in [-0.05, 0) is 26.8 Å². The molecule has 0 radical (unpaired) electrons. The molecule has 0 atom stereocenters. The van der Waals surface area contributed by atoms with Gasteiger partial charge in [-0.1, -0.05) is 0 Å². The van der Waals surface area contributed by atoms with Gasteiger partial charge in [0.2, 0.25) is 0 Å². The molecule has 2 N–H and O–H groups in total. The van der Waals surface area contributed by atoms with Gasteiger partial charge in [-0.3, -0.25) is 4.98 Å². The molecule has 0 aliphatic carbocycles. The summed E-state index contributed by atoms with van der Waals surface area (Å²) in [5.41, 5.74) is 2.00. The minimum absolute atomic E-state index is 0.887. The summed E-state index contributed by atoms with van der Waals surface area (Å²) in [6.07, 6.45) is 2.96. The van der Waals surface area contributed by atoms with E-state index in [9.17, 15) is 0 Å². The summed E-state index contributed by atoms with van der Waals surface area (Å²) in [7, 11) is 0. The zero-order chi connectivity index (χ0) is 12.8. The lowest BCUT2D eigenvalue weighted by Crippen LogP contribution is -2.44. The van der Waals surface area contributed by atoms with Crippen molar-refractivity contribution in [2.24, 2.45) is 0 Å². The van der Waals surface area contributed by atoms with Gasteiger partial charge in [-0.2, -0.15) is 0 Å². The standard InChI is InChI=1S/C13H23N5/c1-11-12(2)17-13(10-16-11)15-4-3-7-18-8-5-14-6-9-18/h10,14H,3-9H2,1-2H3,(H,15,17). The molecule has 1 aromatic heterocycles. The fourth-order valence-corrected chi connectivity index (χ4v) is 2.08. The van der Waals surface area contributed by atoms with E-state index in [1.807, 2.05) is 20.0 Å². The predicted octanol–water partition coefficient (Wildman–Crippen LogP) is 0.801. The minimum atomic E-state index is 0.887. The van der Waals surface area contributed by atoms with Crippen LogP contribution in [0.4, 0.5) is 5.82 Å². The lowest BCUT2D eigenvalue weighted by atomic mass is 10.3. The first-order valence-electron chi connectivity index (χ1n) is 6.73. The van der Waals surface area contributed by atoms with Crippen molar-refractivity contribution in [3.8, 4) is 0 Å². The topological polar surface area (TPSA) is 53.1 Å². The van der Waals surface area contributed by atoms with Gasteiger partial charge in [0.05, 0.1) is 17.6 Å². The van der Waals surface area contributed by atoms with E-state index >= 15 is 0 Å². The van der Waals surface area contributed by atoms with Crippen molar-refractivity contribution in [1.29, 1.82) is 0 Å². The third kappa shape index (κ3) is 3.92. The number of piperazine rings is 1. The van der Waals surface area contributed by atoms with Crippen molar-refractivity contribution in [2.75, 3.05) is 44.6 Å². The lowest BCUT2D eigenvalue weighted by molar-refractivity contribution is 0.240. The highest BCUT2D eigenvalue weighted by atomic mass is 15.2. The molecule has 5 nitrogen and oxygen atoms in total. The molecule has 0 spiro atoms. The van der Waals surface area contributed by atoms with Crippen LogP contribution in [0.2, 0.25) is 0 Å². The van der Waals surface area contributed by atoms with Crippen LogP contribution < -0.4 is 10.6 Å². The Hall–Kier alpha value is -1.20. The fourth-order valence-electron chi connectivity index (χ4n) is 2.08. The number of hydrogen-bond donors (Lipinski definition) is 2. The molecule has 1 aromatic rings. The highest BCUT2D eigenvalue weighted by molar-refractivity contribution is 5.33. The van der Waals surface area contributed by atoms with E-state index in [1.54, 1.807) is 0 Å². The molecule has 0 unspecified atom stereocenters. The molecule has 0 bridgehead atoms. The van der Waals surface area contributed by atoms with Gasteiger partial charge < -0.3 is 15.5 Å². The van der Waals surface area contributed by atoms with Gasteiger partial charge >= 0.3 is 0 Å². The predicted molar refractivity (Wildman–Crippen MR) is 73.9 cm³/mol. The molecule has 2 rings (SSSR count). The Kier molecular flexibility index (Phi) is 4.90. The number of nitrogens with one attached hydrogen (secondary N) is 2. The maximum atomic E-state index is 4.46. The molecule has 18 heavy (non-hydrogen) atoms. The van der Waals surface area contributed by atoms with Crippen molar-refractivity contribution in [3.63, 3.8) is 0 Å². The average Bonchev–Trinajstić information content (AvgIpc) is 2.40. The third-order valence-corrected chi connectivity index (χ3v) is 3.36. The largest absolute Gasteiger partial charge is 0.369 e. The Bertz CT molecular complexity index is 374. The van der Waals surface area contributed by atoms with Gasteiger partial charge in [-0.25, -0.2) is 4.98 Å². The highest BCUT2D eigenvalue weighted by Gasteiger charge is 2.08. The normalized spacial score (nSPS) is 16.8. The second kappa shape index (κ2) is 6.66. The lowest BCUT2D eigenvalue weighted by Gasteiger charge is -2.27. The van der Waals surface area contributed by atoms with Crippen LogP contribution in [0.25, 0.3) is 0 Å². The Labute approximate surface area is 109 Å². The Balaban J connectivity index is 1.66. The second-order valence-electron chi connectivity index (χ2n) is 4.80. The molecular weight excluding hydrogens is 226 g/mol. The van der Waals surface area contributed by atoms with Gasteiger partial charge in [0.15, 0.2) is 0 Å². The molecule has 0 saturated carbocycles. The van der Waals surface area contributed by atoms with Gasteiger partial charge in [0.25, 0.3) is 0 Å². The van der Waals surface area contributed by atoms with Crippen LogP contribution in [0, 0.1) is 13.8 Å². The second-order valence-corrected chi connectivity index (χ2v) is 4.80. The number of hydrogen-bond acceptors (Lipinski definition) is 5. The highest BCUT2D eigenvalue weighted by Crippen LogP contribution is 2.05. The summed E-state index contributed by atoms with van der Waals surface area (Å²) in [6, 6.07) is 0. The van der Waals surface area contributed by atoms with Crippen LogP contribution in [-0.2, 0) is 0 Å². The maximum Gasteiger partial charge on any atom is 0.144 e. The van der Waals surface area contributed by atoms with E-state index < -0.39 is 0 Å². The summed E-state index contributed by atoms with van der Waals surface area (Å²) in [5, 5.41) is 6.70. The number of rotatable bonds is 5. The summed E-state index contributed by atoms with van der Waals surface area (Å²) in [4.78, 5) is 11.3. The Morgan fingerprint density at radius 2 is 2.06 bits per heavy atom. The van der Waals surface area contributed by atoms with E-state index in [1.165, 1.54) is 13.1 Å². The molecule has 0 aromatic carbocycles. The van der Waals surface area contributed by atoms with Crippen molar-refractivity contribution in [2.45, 2.75) is 20.3 Å². The molecule has 1 aliphatic heterocycles. The molecule has 2 heterocycles. The number of nitrogens with zero attached hydrogens (tertiary/aromatic N) is 3. The first-order valence-corrected chi connectivity index (χ1v) is 6.73. The van der Waals surface area contributed by atoms with Gasteiger partial charge in [0.1, 0.15) is 5.82 Å². The molecule has 1 fully saturated rings. The molecule has 1 saturated heterocycles. The Morgan fingerprint density at radius 3 is 2.78 bits per heavy atom. The molecule has 100 valence electrons. The van der Waals surface area contributed by atoms with Crippen LogP contribution in [0.3, 0.4) is 0 Å². The van der Waals surface area contributed by atoms with E-state index in [0.717, 1.165) is 49.8 Å². The molecular formula is C13H23N5. The summed E-state index contributed by atoms with van der Waals surface area (Å²) in [5.74, 6) is 0.887. The van der Waals surface area contributed by atoms with Crippen molar-refractivity contribution < 1.29 is 0 Å². The van der Waals surface area contributed by atoms with Crippen LogP contribution in [0.5, 0.6) is 0 Å². The molecule has 5 heteroatoms. The average molecular weight is 249 g/mol. The fraction of sp³-hybridized carbons (Fsp3) is 0.692. The summed E-state index contributed by atoms with van der Waals surface area (Å²) in [6.45, 7) is 10.7. The van der Waals surface area contributed by atoms with Crippen molar-refractivity contribution >= 4 is 5.82 Å². The van der Waals surface area contributed by atoms with E-state index in [0.29, 0.717) is 0 Å². The first-order chi connectivity index (χ1) is 8.75. The minimum Gasteiger partial charge on any atom is -0.369 e. The zero-order valence-electron chi connectivity index (χ0n) is 11.4. The number of aromatic nitrogens is 2. The zero-order valence-corrected chi connectivity index (χ0v) is 11.4. The summed E-state index contributed by atoms with van der Waals surface area (Å²) >= 11 is 0. The van der Waals surface area contributed by atoms with Crippen LogP contribution >= 0.6 is 0 Å². The van der Waals surface area contributed by atoms with Crippen LogP contribution in [0.1, 0.15) is 17.8 Å². The van der Waals surface area contributed by atoms with Crippen molar-refractivity contribution in [1.82, 2.24) is 20.2 Å². The first kappa shape index (κ1) is 13.2. The van der Waals surface area contributed by atoms with Crippen LogP contribution in [0.15, 0.2) is 6.20 Å². The van der Waals surface area contributed by atoms with Gasteiger partial charge in [0, 0.05) is 32.7 Å².